The number of hydrogen-bond acceptors (Lipinski definition) is 4. The number of halogens is 1. The summed E-state index contributed by atoms with van der Waals surface area (Å²) in [5.41, 5.74) is 0.717. The maximum Gasteiger partial charge on any atom is 0.252 e. The molecule has 0 fully saturated rings. The molecule has 0 spiro atoms. The van der Waals surface area contributed by atoms with Crippen LogP contribution in [-0.4, -0.2) is 40.0 Å². The molecular formula is C20H26BrN3O3S. The minimum absolute atomic E-state index is 0.0529. The number of amides is 1. The first-order valence-electron chi connectivity index (χ1n) is 8.87. The van der Waals surface area contributed by atoms with E-state index in [2.05, 4.69) is 26.0 Å². The van der Waals surface area contributed by atoms with Crippen LogP contribution in [0, 0.1) is 0 Å². The maximum atomic E-state index is 12.6. The third kappa shape index (κ3) is 6.32. The zero-order valence-corrected chi connectivity index (χ0v) is 18.9. The van der Waals surface area contributed by atoms with Crippen LogP contribution in [0.5, 0.6) is 0 Å². The standard InChI is InChI=1S/C20H26BrN3O3S/c1-20(2,3)23-28(26,27)16-10-11-18(21)17(14-16)19(25)22-12-13-24(4)15-8-6-5-7-9-15/h5-11,14,23H,12-13H2,1-4H3,(H,22,25). The lowest BCUT2D eigenvalue weighted by Crippen LogP contribution is -2.40. The highest BCUT2D eigenvalue weighted by Gasteiger charge is 2.23. The van der Waals surface area contributed by atoms with Crippen molar-refractivity contribution in [2.75, 3.05) is 25.0 Å². The topological polar surface area (TPSA) is 78.5 Å². The van der Waals surface area contributed by atoms with E-state index in [0.29, 0.717) is 17.6 Å². The van der Waals surface area contributed by atoms with Gasteiger partial charge in [0, 0.05) is 35.8 Å². The van der Waals surface area contributed by atoms with Gasteiger partial charge in [-0.15, -0.1) is 0 Å². The molecule has 0 unspecified atom stereocenters. The zero-order chi connectivity index (χ0) is 20.9. The van der Waals surface area contributed by atoms with Crippen molar-refractivity contribution in [3.8, 4) is 0 Å². The summed E-state index contributed by atoms with van der Waals surface area (Å²) in [6.45, 7) is 6.34. The average molecular weight is 468 g/mol. The van der Waals surface area contributed by atoms with Gasteiger partial charge in [0.15, 0.2) is 0 Å². The smallest absolute Gasteiger partial charge is 0.252 e. The number of anilines is 1. The quantitative estimate of drug-likeness (QED) is 0.653. The predicted molar refractivity (Wildman–Crippen MR) is 116 cm³/mol. The molecule has 2 aromatic rings. The second-order valence-electron chi connectivity index (χ2n) is 7.51. The molecule has 2 N–H and O–H groups in total. The first kappa shape index (κ1) is 22.4. The lowest BCUT2D eigenvalue weighted by Gasteiger charge is -2.21. The first-order valence-corrected chi connectivity index (χ1v) is 11.2. The van der Waals surface area contributed by atoms with Crippen molar-refractivity contribution in [2.24, 2.45) is 0 Å². The SMILES string of the molecule is CN(CCNC(=O)c1cc(S(=O)(=O)NC(C)(C)C)ccc1Br)c1ccccc1. The van der Waals surface area contributed by atoms with Crippen LogP contribution in [0.3, 0.4) is 0 Å². The highest BCUT2D eigenvalue weighted by Crippen LogP contribution is 2.22. The Balaban J connectivity index is 2.07. The molecule has 0 radical (unpaired) electrons. The van der Waals surface area contributed by atoms with Gasteiger partial charge in [-0.05, 0) is 67.0 Å². The Bertz CT molecular complexity index is 925. The predicted octanol–water partition coefficient (Wildman–Crippen LogP) is 3.39. The zero-order valence-electron chi connectivity index (χ0n) is 16.5. The molecule has 152 valence electrons. The van der Waals surface area contributed by atoms with Gasteiger partial charge in [0.2, 0.25) is 10.0 Å². The fraction of sp³-hybridized carbons (Fsp3) is 0.350. The molecule has 1 amide bonds. The summed E-state index contributed by atoms with van der Waals surface area (Å²) in [4.78, 5) is 14.7. The van der Waals surface area contributed by atoms with Gasteiger partial charge in [-0.2, -0.15) is 0 Å². The molecular weight excluding hydrogens is 442 g/mol. The molecule has 0 aliphatic heterocycles. The molecule has 0 atom stereocenters. The summed E-state index contributed by atoms with van der Waals surface area (Å²) in [6.07, 6.45) is 0. The van der Waals surface area contributed by atoms with Gasteiger partial charge in [-0.25, -0.2) is 13.1 Å². The van der Waals surface area contributed by atoms with E-state index in [-0.39, 0.29) is 16.4 Å². The van der Waals surface area contributed by atoms with Crippen molar-refractivity contribution in [3.05, 3.63) is 58.6 Å². The van der Waals surface area contributed by atoms with Crippen LogP contribution in [0.25, 0.3) is 0 Å². The van der Waals surface area contributed by atoms with Crippen LogP contribution < -0.4 is 14.9 Å². The van der Waals surface area contributed by atoms with Crippen molar-refractivity contribution in [1.82, 2.24) is 10.0 Å². The minimum atomic E-state index is -3.72. The third-order valence-electron chi connectivity index (χ3n) is 3.86. The van der Waals surface area contributed by atoms with Gasteiger partial charge in [-0.1, -0.05) is 18.2 Å². The molecule has 2 rings (SSSR count). The highest BCUT2D eigenvalue weighted by atomic mass is 79.9. The Hall–Kier alpha value is -1.90. The summed E-state index contributed by atoms with van der Waals surface area (Å²) in [5.74, 6) is -0.332. The second-order valence-corrected chi connectivity index (χ2v) is 10.0. The summed E-state index contributed by atoms with van der Waals surface area (Å²) in [5, 5.41) is 2.84. The van der Waals surface area contributed by atoms with Crippen LogP contribution in [0.15, 0.2) is 57.9 Å². The van der Waals surface area contributed by atoms with Gasteiger partial charge < -0.3 is 10.2 Å². The normalized spacial score (nSPS) is 11.9. The highest BCUT2D eigenvalue weighted by molar-refractivity contribution is 9.10. The lowest BCUT2D eigenvalue weighted by molar-refractivity contribution is 0.0953. The van der Waals surface area contributed by atoms with Gasteiger partial charge in [0.05, 0.1) is 10.5 Å². The number of nitrogens with zero attached hydrogens (tertiary/aromatic N) is 1. The number of benzene rings is 2. The Kier molecular flexibility index (Phi) is 7.25. The molecule has 6 nitrogen and oxygen atoms in total. The van der Waals surface area contributed by atoms with Gasteiger partial charge in [0.25, 0.3) is 5.91 Å². The number of likely N-dealkylation sites (N-methyl/N-ethyl adjacent to an activating group) is 1. The van der Waals surface area contributed by atoms with Crippen LogP contribution in [0.1, 0.15) is 31.1 Å². The summed E-state index contributed by atoms with van der Waals surface area (Å²) >= 11 is 3.33. The van der Waals surface area contributed by atoms with E-state index in [0.717, 1.165) is 5.69 Å². The number of carbonyl (C=O) groups excluding carboxylic acids is 1. The Labute approximate surface area is 175 Å². The molecule has 0 saturated heterocycles. The number of para-hydroxylation sites is 1. The molecule has 0 heterocycles. The monoisotopic (exact) mass is 467 g/mol. The van der Waals surface area contributed by atoms with Crippen LogP contribution >= 0.6 is 15.9 Å². The molecule has 0 aliphatic rings. The lowest BCUT2D eigenvalue weighted by atomic mass is 10.1. The molecule has 2 aromatic carbocycles. The first-order chi connectivity index (χ1) is 13.0. The number of sulfonamides is 1. The van der Waals surface area contributed by atoms with Crippen molar-refractivity contribution in [2.45, 2.75) is 31.2 Å². The van der Waals surface area contributed by atoms with Gasteiger partial charge >= 0.3 is 0 Å². The maximum absolute atomic E-state index is 12.6. The average Bonchev–Trinajstić information content (AvgIpc) is 2.60. The molecule has 0 aliphatic carbocycles. The molecule has 8 heteroatoms. The Morgan fingerprint density at radius 1 is 1.11 bits per heavy atom. The van der Waals surface area contributed by atoms with Crippen molar-refractivity contribution < 1.29 is 13.2 Å². The van der Waals surface area contributed by atoms with E-state index in [4.69, 9.17) is 0 Å². The number of rotatable bonds is 7. The largest absolute Gasteiger partial charge is 0.373 e. The molecule has 28 heavy (non-hydrogen) atoms. The minimum Gasteiger partial charge on any atom is -0.373 e. The Morgan fingerprint density at radius 3 is 2.36 bits per heavy atom. The summed E-state index contributed by atoms with van der Waals surface area (Å²) in [6, 6.07) is 14.3. The van der Waals surface area contributed by atoms with E-state index < -0.39 is 15.6 Å². The van der Waals surface area contributed by atoms with Crippen molar-refractivity contribution in [3.63, 3.8) is 0 Å². The van der Waals surface area contributed by atoms with Crippen LogP contribution in [0.4, 0.5) is 5.69 Å². The fourth-order valence-corrected chi connectivity index (χ4v) is 4.42. The van der Waals surface area contributed by atoms with E-state index in [9.17, 15) is 13.2 Å². The number of hydrogen-bond donors (Lipinski definition) is 2. The second kappa shape index (κ2) is 9.07. The molecule has 0 aromatic heterocycles. The fourth-order valence-electron chi connectivity index (χ4n) is 2.55. The summed E-state index contributed by atoms with van der Waals surface area (Å²) < 4.78 is 28.2. The van der Waals surface area contributed by atoms with Crippen LogP contribution in [0.2, 0.25) is 0 Å². The van der Waals surface area contributed by atoms with Crippen LogP contribution in [-0.2, 0) is 10.0 Å². The molecule has 0 saturated carbocycles. The van der Waals surface area contributed by atoms with Gasteiger partial charge in [-0.3, -0.25) is 4.79 Å². The molecule has 0 bridgehead atoms. The van der Waals surface area contributed by atoms with Gasteiger partial charge in [0.1, 0.15) is 0 Å². The third-order valence-corrected chi connectivity index (χ3v) is 6.31. The van der Waals surface area contributed by atoms with E-state index in [1.54, 1.807) is 26.8 Å². The number of carbonyl (C=O) groups is 1. The van der Waals surface area contributed by atoms with Crippen molar-refractivity contribution >= 4 is 37.5 Å². The van der Waals surface area contributed by atoms with E-state index >= 15 is 0 Å². The summed E-state index contributed by atoms with van der Waals surface area (Å²) in [7, 11) is -1.77. The van der Waals surface area contributed by atoms with Crippen molar-refractivity contribution in [1.29, 1.82) is 0 Å². The van der Waals surface area contributed by atoms with E-state index in [1.807, 2.05) is 42.3 Å². The number of nitrogens with one attached hydrogen (secondary N) is 2. The van der Waals surface area contributed by atoms with E-state index in [1.165, 1.54) is 12.1 Å². The Morgan fingerprint density at radius 2 is 1.75 bits per heavy atom.